The maximum absolute atomic E-state index is 11.9. The molecule has 1 aliphatic rings. The summed E-state index contributed by atoms with van der Waals surface area (Å²) < 4.78 is 0. The average molecular weight is 340 g/mol. The molecule has 0 spiro atoms. The van der Waals surface area contributed by atoms with Gasteiger partial charge in [-0.15, -0.1) is 12.4 Å². The van der Waals surface area contributed by atoms with Gasteiger partial charge in [0.1, 0.15) is 0 Å². The van der Waals surface area contributed by atoms with Crippen molar-refractivity contribution in [3.63, 3.8) is 0 Å². The number of hydrogen-bond acceptors (Lipinski definition) is 2. The first kappa shape index (κ1) is 20.0. The molecule has 0 radical (unpaired) electrons. The van der Waals surface area contributed by atoms with Gasteiger partial charge in [-0.2, -0.15) is 0 Å². The van der Waals surface area contributed by atoms with Gasteiger partial charge in [-0.25, -0.2) is 0 Å². The molecule has 0 aromatic heterocycles. The molecule has 4 heteroatoms. The molecule has 1 aromatic rings. The quantitative estimate of drug-likeness (QED) is 0.822. The molecule has 2 atom stereocenters. The minimum absolute atomic E-state index is 0. The summed E-state index contributed by atoms with van der Waals surface area (Å²) in [6, 6.07) is 8.22. The van der Waals surface area contributed by atoms with E-state index in [1.54, 1.807) is 0 Å². The fraction of sp³-hybridized carbons (Fsp3) is 0.632. The molecule has 0 saturated carbocycles. The molecule has 0 aliphatic carbocycles. The van der Waals surface area contributed by atoms with E-state index >= 15 is 0 Å². The Morgan fingerprint density at radius 1 is 1.35 bits per heavy atom. The van der Waals surface area contributed by atoms with Crippen molar-refractivity contribution in [2.24, 2.45) is 11.8 Å². The summed E-state index contributed by atoms with van der Waals surface area (Å²) in [5.41, 5.74) is 1.42. The third kappa shape index (κ3) is 5.22. The van der Waals surface area contributed by atoms with Crippen molar-refractivity contribution in [3.8, 4) is 0 Å². The number of carboxylic acids is 1. The maximum atomic E-state index is 11.9. The monoisotopic (exact) mass is 339 g/mol. The molecule has 130 valence electrons. The van der Waals surface area contributed by atoms with Gasteiger partial charge in [0.05, 0.1) is 5.41 Å². The van der Waals surface area contributed by atoms with Gasteiger partial charge >= 0.3 is 5.97 Å². The van der Waals surface area contributed by atoms with E-state index in [0.29, 0.717) is 18.3 Å². The van der Waals surface area contributed by atoms with E-state index in [1.807, 2.05) is 19.1 Å². The van der Waals surface area contributed by atoms with Gasteiger partial charge in [-0.3, -0.25) is 4.79 Å². The standard InChI is InChI=1S/C19H29NO2.ClH/c1-14(2)11-15-6-8-17(9-7-15)19(3,18(21)22)12-16-5-4-10-20-13-16;/h6-9,14,16,20H,4-5,10-13H2,1-3H3,(H,21,22);1H. The fourth-order valence-electron chi connectivity index (χ4n) is 3.48. The van der Waals surface area contributed by atoms with Crippen molar-refractivity contribution >= 4 is 18.4 Å². The summed E-state index contributed by atoms with van der Waals surface area (Å²) >= 11 is 0. The van der Waals surface area contributed by atoms with E-state index < -0.39 is 11.4 Å². The Hall–Kier alpha value is -1.06. The summed E-state index contributed by atoms with van der Waals surface area (Å²) in [5, 5.41) is 13.2. The first-order chi connectivity index (χ1) is 10.4. The molecule has 23 heavy (non-hydrogen) atoms. The van der Waals surface area contributed by atoms with Crippen molar-refractivity contribution < 1.29 is 9.90 Å². The summed E-state index contributed by atoms with van der Waals surface area (Å²) in [6.07, 6.45) is 4.02. The summed E-state index contributed by atoms with van der Waals surface area (Å²) in [6.45, 7) is 8.27. The van der Waals surface area contributed by atoms with Crippen molar-refractivity contribution in [1.29, 1.82) is 0 Å². The molecule has 0 amide bonds. The van der Waals surface area contributed by atoms with Gasteiger partial charge < -0.3 is 10.4 Å². The second-order valence-electron chi connectivity index (χ2n) is 7.35. The Morgan fingerprint density at radius 3 is 2.48 bits per heavy atom. The first-order valence-corrected chi connectivity index (χ1v) is 8.45. The number of carboxylic acid groups (broad SMARTS) is 1. The zero-order valence-corrected chi connectivity index (χ0v) is 15.3. The van der Waals surface area contributed by atoms with E-state index in [1.165, 1.54) is 5.56 Å². The average Bonchev–Trinajstić information content (AvgIpc) is 2.48. The number of halogens is 1. The normalized spacial score (nSPS) is 20.6. The lowest BCUT2D eigenvalue weighted by molar-refractivity contribution is -0.144. The Kier molecular flexibility index (Phi) is 7.56. The number of benzene rings is 1. The van der Waals surface area contributed by atoms with Gasteiger partial charge in [0, 0.05) is 0 Å². The van der Waals surface area contributed by atoms with Crippen molar-refractivity contribution in [2.45, 2.75) is 51.9 Å². The number of nitrogens with one attached hydrogen (secondary N) is 1. The highest BCUT2D eigenvalue weighted by atomic mass is 35.5. The van der Waals surface area contributed by atoms with Crippen molar-refractivity contribution in [2.75, 3.05) is 13.1 Å². The molecule has 0 bridgehead atoms. The van der Waals surface area contributed by atoms with Crippen LogP contribution in [0.4, 0.5) is 0 Å². The number of hydrogen-bond donors (Lipinski definition) is 2. The lowest BCUT2D eigenvalue weighted by Crippen LogP contribution is -2.39. The van der Waals surface area contributed by atoms with Crippen LogP contribution in [0, 0.1) is 11.8 Å². The lowest BCUT2D eigenvalue weighted by atomic mass is 9.73. The highest BCUT2D eigenvalue weighted by Crippen LogP contribution is 2.34. The second kappa shape index (κ2) is 8.70. The highest BCUT2D eigenvalue weighted by molar-refractivity contribution is 5.85. The maximum Gasteiger partial charge on any atom is 0.313 e. The smallest absolute Gasteiger partial charge is 0.313 e. The zero-order valence-electron chi connectivity index (χ0n) is 14.5. The topological polar surface area (TPSA) is 49.3 Å². The fourth-order valence-corrected chi connectivity index (χ4v) is 3.48. The highest BCUT2D eigenvalue weighted by Gasteiger charge is 2.37. The molecular formula is C19H30ClNO2. The molecule has 1 saturated heterocycles. The van der Waals surface area contributed by atoms with Crippen LogP contribution in [0.15, 0.2) is 24.3 Å². The molecule has 1 fully saturated rings. The predicted molar refractivity (Wildman–Crippen MR) is 97.4 cm³/mol. The molecule has 2 N–H and O–H groups in total. The van der Waals surface area contributed by atoms with Gasteiger partial charge in [-0.05, 0) is 68.7 Å². The number of rotatable bonds is 6. The van der Waals surface area contributed by atoms with Gasteiger partial charge in [0.15, 0.2) is 0 Å². The first-order valence-electron chi connectivity index (χ1n) is 8.45. The summed E-state index contributed by atoms with van der Waals surface area (Å²) in [4.78, 5) is 11.9. The number of piperidine rings is 1. The SMILES string of the molecule is CC(C)Cc1ccc(C(C)(CC2CCCNC2)C(=O)O)cc1.Cl. The second-order valence-corrected chi connectivity index (χ2v) is 7.35. The van der Waals surface area contributed by atoms with E-state index in [0.717, 1.165) is 37.9 Å². The van der Waals surface area contributed by atoms with E-state index in [2.05, 4.69) is 31.3 Å². The van der Waals surface area contributed by atoms with Gasteiger partial charge in [0.2, 0.25) is 0 Å². The third-order valence-electron chi connectivity index (χ3n) is 4.80. The van der Waals surface area contributed by atoms with Gasteiger partial charge in [0.25, 0.3) is 0 Å². The largest absolute Gasteiger partial charge is 0.481 e. The van der Waals surface area contributed by atoms with Crippen LogP contribution < -0.4 is 5.32 Å². The third-order valence-corrected chi connectivity index (χ3v) is 4.80. The van der Waals surface area contributed by atoms with Crippen LogP contribution in [0.5, 0.6) is 0 Å². The minimum Gasteiger partial charge on any atom is -0.481 e. The number of aliphatic carboxylic acids is 1. The van der Waals surface area contributed by atoms with Gasteiger partial charge in [-0.1, -0.05) is 38.1 Å². The summed E-state index contributed by atoms with van der Waals surface area (Å²) in [5.74, 6) is 0.352. The molecule has 1 aliphatic heterocycles. The number of carbonyl (C=O) groups is 1. The van der Waals surface area contributed by atoms with Crippen LogP contribution in [-0.2, 0) is 16.6 Å². The van der Waals surface area contributed by atoms with E-state index in [4.69, 9.17) is 0 Å². The van der Waals surface area contributed by atoms with Crippen LogP contribution in [0.2, 0.25) is 0 Å². The Morgan fingerprint density at radius 2 is 2.00 bits per heavy atom. The van der Waals surface area contributed by atoms with Crippen LogP contribution in [-0.4, -0.2) is 24.2 Å². The summed E-state index contributed by atoms with van der Waals surface area (Å²) in [7, 11) is 0. The molecule has 2 unspecified atom stereocenters. The lowest BCUT2D eigenvalue weighted by Gasteiger charge is -2.32. The Balaban J connectivity index is 0.00000264. The van der Waals surface area contributed by atoms with Crippen molar-refractivity contribution in [1.82, 2.24) is 5.32 Å². The van der Waals surface area contributed by atoms with Crippen LogP contribution in [0.25, 0.3) is 0 Å². The van der Waals surface area contributed by atoms with Crippen LogP contribution >= 0.6 is 12.4 Å². The Bertz CT molecular complexity index is 495. The molecule has 1 aromatic carbocycles. The zero-order chi connectivity index (χ0) is 16.2. The van der Waals surface area contributed by atoms with E-state index in [-0.39, 0.29) is 12.4 Å². The van der Waals surface area contributed by atoms with Crippen LogP contribution in [0.1, 0.15) is 51.2 Å². The molecule has 2 rings (SSSR count). The minimum atomic E-state index is -0.792. The molecular weight excluding hydrogens is 310 g/mol. The van der Waals surface area contributed by atoms with Crippen molar-refractivity contribution in [3.05, 3.63) is 35.4 Å². The van der Waals surface area contributed by atoms with Crippen LogP contribution in [0.3, 0.4) is 0 Å². The predicted octanol–water partition coefficient (Wildman–Crippen LogP) is 4.04. The van der Waals surface area contributed by atoms with E-state index in [9.17, 15) is 9.90 Å². The Labute approximate surface area is 146 Å². The molecule has 1 heterocycles. The molecule has 3 nitrogen and oxygen atoms in total.